The molecule has 0 aliphatic carbocycles. The molecule has 1 amide bonds. The lowest BCUT2D eigenvalue weighted by atomic mass is 10.1. The van der Waals surface area contributed by atoms with E-state index in [2.05, 4.69) is 10.1 Å². The summed E-state index contributed by atoms with van der Waals surface area (Å²) < 4.78 is 21.5. The van der Waals surface area contributed by atoms with Crippen molar-refractivity contribution in [2.75, 3.05) is 27.9 Å². The highest BCUT2D eigenvalue weighted by atomic mass is 16.5. The van der Waals surface area contributed by atoms with Crippen LogP contribution in [0.25, 0.3) is 11.5 Å². The number of ether oxygens (including phenoxy) is 3. The summed E-state index contributed by atoms with van der Waals surface area (Å²) in [6.07, 6.45) is 0.343. The Morgan fingerprint density at radius 2 is 1.80 bits per heavy atom. The lowest BCUT2D eigenvalue weighted by Crippen LogP contribution is -2.24. The van der Waals surface area contributed by atoms with Gasteiger partial charge in [0, 0.05) is 42.6 Å². The molecule has 2 heterocycles. The monoisotopic (exact) mass is 409 g/mol. The maximum atomic E-state index is 12.6. The van der Waals surface area contributed by atoms with Crippen molar-refractivity contribution in [3.63, 3.8) is 0 Å². The van der Waals surface area contributed by atoms with E-state index in [-0.39, 0.29) is 11.8 Å². The zero-order valence-corrected chi connectivity index (χ0v) is 17.1. The first-order valence-corrected chi connectivity index (χ1v) is 9.58. The predicted molar refractivity (Wildman–Crippen MR) is 109 cm³/mol. The van der Waals surface area contributed by atoms with Crippen molar-refractivity contribution in [1.29, 1.82) is 0 Å². The molecule has 1 saturated heterocycles. The first-order chi connectivity index (χ1) is 14.6. The molecule has 0 bridgehead atoms. The first kappa shape index (κ1) is 19.8. The molecule has 1 fully saturated rings. The second-order valence-corrected chi connectivity index (χ2v) is 7.05. The van der Waals surface area contributed by atoms with Crippen LogP contribution in [-0.2, 0) is 11.3 Å². The SMILES string of the molecule is COc1cc(OC)cc(-c2nc(C3CC(=O)N(Cc4ccccc4OC)C3)no2)c1. The molecule has 1 aromatic heterocycles. The highest BCUT2D eigenvalue weighted by Gasteiger charge is 2.34. The van der Waals surface area contributed by atoms with E-state index in [4.69, 9.17) is 18.7 Å². The Kier molecular flexibility index (Phi) is 5.56. The summed E-state index contributed by atoms with van der Waals surface area (Å²) in [5.74, 6) is 2.83. The van der Waals surface area contributed by atoms with Gasteiger partial charge in [-0.1, -0.05) is 23.4 Å². The summed E-state index contributed by atoms with van der Waals surface area (Å²) in [4.78, 5) is 18.9. The highest BCUT2D eigenvalue weighted by Crippen LogP contribution is 2.32. The van der Waals surface area contributed by atoms with Gasteiger partial charge in [-0.05, 0) is 18.2 Å². The van der Waals surface area contributed by atoms with E-state index in [1.807, 2.05) is 24.3 Å². The number of aromatic nitrogens is 2. The number of rotatable bonds is 7. The summed E-state index contributed by atoms with van der Waals surface area (Å²) in [5.41, 5.74) is 1.66. The standard InChI is InChI=1S/C22H23N3O5/c1-27-17-8-15(9-18(11-17)28-2)22-23-21(24-30-22)16-10-20(26)25(13-16)12-14-6-4-5-7-19(14)29-3/h4-9,11,16H,10,12-13H2,1-3H3. The van der Waals surface area contributed by atoms with E-state index in [0.717, 1.165) is 11.3 Å². The molecule has 156 valence electrons. The van der Waals surface area contributed by atoms with Crippen LogP contribution in [0.2, 0.25) is 0 Å². The van der Waals surface area contributed by atoms with E-state index in [0.29, 0.717) is 48.3 Å². The summed E-state index contributed by atoms with van der Waals surface area (Å²) in [5, 5.41) is 4.12. The van der Waals surface area contributed by atoms with E-state index in [9.17, 15) is 4.79 Å². The number of methoxy groups -OCH3 is 3. The molecule has 0 radical (unpaired) electrons. The number of hydrogen-bond donors (Lipinski definition) is 0. The minimum atomic E-state index is -0.128. The van der Waals surface area contributed by atoms with Crippen molar-refractivity contribution in [2.45, 2.75) is 18.9 Å². The minimum absolute atomic E-state index is 0.0558. The van der Waals surface area contributed by atoms with Crippen molar-refractivity contribution in [1.82, 2.24) is 15.0 Å². The van der Waals surface area contributed by atoms with Crippen LogP contribution in [0.4, 0.5) is 0 Å². The average molecular weight is 409 g/mol. The Balaban J connectivity index is 1.51. The number of hydrogen-bond acceptors (Lipinski definition) is 7. The van der Waals surface area contributed by atoms with E-state index in [1.54, 1.807) is 44.4 Å². The minimum Gasteiger partial charge on any atom is -0.497 e. The Morgan fingerprint density at radius 3 is 2.50 bits per heavy atom. The lowest BCUT2D eigenvalue weighted by Gasteiger charge is -2.17. The highest BCUT2D eigenvalue weighted by molar-refractivity contribution is 5.79. The van der Waals surface area contributed by atoms with Crippen LogP contribution in [0.15, 0.2) is 47.0 Å². The van der Waals surface area contributed by atoms with Crippen molar-refractivity contribution in [3.8, 4) is 28.7 Å². The van der Waals surface area contributed by atoms with Crippen LogP contribution in [-0.4, -0.2) is 48.8 Å². The molecule has 1 aliphatic rings. The van der Waals surface area contributed by atoms with Crippen LogP contribution in [0, 0.1) is 0 Å². The molecule has 0 spiro atoms. The van der Waals surface area contributed by atoms with E-state index < -0.39 is 0 Å². The van der Waals surface area contributed by atoms with Crippen LogP contribution in [0.5, 0.6) is 17.2 Å². The summed E-state index contributed by atoms with van der Waals surface area (Å²) in [6, 6.07) is 13.1. The van der Waals surface area contributed by atoms with Crippen molar-refractivity contribution < 1.29 is 23.5 Å². The normalized spacial score (nSPS) is 16.0. The molecule has 2 aromatic carbocycles. The summed E-state index contributed by atoms with van der Waals surface area (Å²) >= 11 is 0. The molecule has 1 aliphatic heterocycles. The topological polar surface area (TPSA) is 86.9 Å². The van der Waals surface area contributed by atoms with Crippen LogP contribution in [0.1, 0.15) is 23.7 Å². The number of likely N-dealkylation sites (tertiary alicyclic amines) is 1. The van der Waals surface area contributed by atoms with Gasteiger partial charge >= 0.3 is 0 Å². The zero-order chi connectivity index (χ0) is 21.1. The van der Waals surface area contributed by atoms with Gasteiger partial charge in [0.25, 0.3) is 5.89 Å². The molecule has 8 nitrogen and oxygen atoms in total. The summed E-state index contributed by atoms with van der Waals surface area (Å²) in [6.45, 7) is 1.01. The fraction of sp³-hybridized carbons (Fsp3) is 0.318. The Labute approximate surface area is 174 Å². The third kappa shape index (κ3) is 3.94. The Morgan fingerprint density at radius 1 is 1.07 bits per heavy atom. The van der Waals surface area contributed by atoms with Gasteiger partial charge in [-0.25, -0.2) is 0 Å². The van der Waals surface area contributed by atoms with Gasteiger partial charge in [0.15, 0.2) is 5.82 Å². The van der Waals surface area contributed by atoms with Crippen LogP contribution in [0.3, 0.4) is 0 Å². The fourth-order valence-electron chi connectivity index (χ4n) is 3.59. The summed E-state index contributed by atoms with van der Waals surface area (Å²) in [7, 11) is 4.79. The van der Waals surface area contributed by atoms with E-state index >= 15 is 0 Å². The Bertz CT molecular complexity index is 1030. The van der Waals surface area contributed by atoms with Crippen LogP contribution < -0.4 is 14.2 Å². The number of para-hydroxylation sites is 1. The van der Waals surface area contributed by atoms with Gasteiger partial charge in [-0.3, -0.25) is 4.79 Å². The molecule has 1 unspecified atom stereocenters. The number of carbonyl (C=O) groups is 1. The molecular weight excluding hydrogens is 386 g/mol. The van der Waals surface area contributed by atoms with Gasteiger partial charge in [-0.15, -0.1) is 0 Å². The molecular formula is C22H23N3O5. The van der Waals surface area contributed by atoms with Crippen molar-refractivity contribution in [2.24, 2.45) is 0 Å². The third-order valence-corrected chi connectivity index (χ3v) is 5.17. The predicted octanol–water partition coefficient (Wildman–Crippen LogP) is 3.28. The van der Waals surface area contributed by atoms with Crippen LogP contribution >= 0.6 is 0 Å². The largest absolute Gasteiger partial charge is 0.497 e. The van der Waals surface area contributed by atoms with Gasteiger partial charge in [0.05, 0.1) is 21.3 Å². The van der Waals surface area contributed by atoms with Gasteiger partial charge in [-0.2, -0.15) is 4.98 Å². The molecule has 8 heteroatoms. The number of nitrogens with zero attached hydrogens (tertiary/aromatic N) is 3. The number of amides is 1. The van der Waals surface area contributed by atoms with Gasteiger partial charge in [0.1, 0.15) is 17.2 Å². The maximum absolute atomic E-state index is 12.6. The maximum Gasteiger partial charge on any atom is 0.258 e. The fourth-order valence-corrected chi connectivity index (χ4v) is 3.59. The Hall–Kier alpha value is -3.55. The second-order valence-electron chi connectivity index (χ2n) is 7.05. The quantitative estimate of drug-likeness (QED) is 0.592. The van der Waals surface area contributed by atoms with E-state index in [1.165, 1.54) is 0 Å². The second kappa shape index (κ2) is 8.44. The molecule has 4 rings (SSSR count). The average Bonchev–Trinajstić information content (AvgIpc) is 3.41. The molecule has 0 N–H and O–H groups in total. The number of carbonyl (C=O) groups excluding carboxylic acids is 1. The molecule has 0 saturated carbocycles. The smallest absolute Gasteiger partial charge is 0.258 e. The van der Waals surface area contributed by atoms with Crippen molar-refractivity contribution in [3.05, 3.63) is 53.9 Å². The van der Waals surface area contributed by atoms with Crippen molar-refractivity contribution >= 4 is 5.91 Å². The third-order valence-electron chi connectivity index (χ3n) is 5.17. The van der Waals surface area contributed by atoms with Gasteiger partial charge < -0.3 is 23.6 Å². The first-order valence-electron chi connectivity index (χ1n) is 9.58. The molecule has 30 heavy (non-hydrogen) atoms. The molecule has 3 aromatic rings. The number of benzene rings is 2. The zero-order valence-electron chi connectivity index (χ0n) is 17.1. The van der Waals surface area contributed by atoms with Gasteiger partial charge in [0.2, 0.25) is 5.91 Å². The molecule has 1 atom stereocenters. The lowest BCUT2D eigenvalue weighted by molar-refractivity contribution is -0.128.